The molecular formula is C11H14ClN5O. The normalized spacial score (nSPS) is 17.5. The van der Waals surface area contributed by atoms with Crippen LogP contribution in [0.5, 0.6) is 0 Å². The Balaban J connectivity index is 1.86. The van der Waals surface area contributed by atoms with Crippen LogP contribution in [0.1, 0.15) is 12.8 Å². The molecular weight excluding hydrogens is 254 g/mol. The van der Waals surface area contributed by atoms with Gasteiger partial charge in [0, 0.05) is 19.0 Å². The lowest BCUT2D eigenvalue weighted by molar-refractivity contribution is 0.440. The molecule has 0 saturated carbocycles. The molecule has 0 bridgehead atoms. The number of aromatic nitrogens is 4. The monoisotopic (exact) mass is 267 g/mol. The fraction of sp³-hybridized carbons (Fsp3) is 0.545. The molecule has 1 saturated heterocycles. The van der Waals surface area contributed by atoms with Crippen molar-refractivity contribution in [3.63, 3.8) is 0 Å². The Kier molecular flexibility index (Phi) is 2.95. The molecule has 0 aromatic carbocycles. The maximum absolute atomic E-state index is 11.5. The maximum Gasteiger partial charge on any atom is 0.364 e. The van der Waals surface area contributed by atoms with E-state index in [4.69, 9.17) is 11.6 Å². The topological polar surface area (TPSA) is 66.3 Å². The first-order valence-corrected chi connectivity index (χ1v) is 6.57. The first-order chi connectivity index (χ1) is 8.78. The molecule has 3 rings (SSSR count). The number of H-pyrrole nitrogens is 1. The van der Waals surface area contributed by atoms with Crippen molar-refractivity contribution in [3.05, 3.63) is 22.6 Å². The second-order valence-corrected chi connectivity index (χ2v) is 4.88. The Bertz CT molecular complexity index is 599. The second-order valence-electron chi connectivity index (χ2n) is 4.58. The van der Waals surface area contributed by atoms with Crippen molar-refractivity contribution in [1.29, 1.82) is 0 Å². The minimum absolute atomic E-state index is 0.303. The Morgan fingerprint density at radius 3 is 2.89 bits per heavy atom. The summed E-state index contributed by atoms with van der Waals surface area (Å²) in [5.74, 6) is 2.14. The quantitative estimate of drug-likeness (QED) is 0.820. The maximum atomic E-state index is 11.5. The van der Waals surface area contributed by atoms with Crippen LogP contribution in [0.4, 0.5) is 5.82 Å². The van der Waals surface area contributed by atoms with Gasteiger partial charge in [0.1, 0.15) is 5.82 Å². The predicted octanol–water partition coefficient (Wildman–Crippen LogP) is 0.873. The van der Waals surface area contributed by atoms with Crippen molar-refractivity contribution in [3.8, 4) is 0 Å². The Morgan fingerprint density at radius 1 is 1.39 bits per heavy atom. The van der Waals surface area contributed by atoms with E-state index in [1.807, 2.05) is 6.07 Å². The van der Waals surface area contributed by atoms with E-state index in [1.54, 1.807) is 6.07 Å². The first-order valence-electron chi connectivity index (χ1n) is 6.03. The molecule has 1 aliphatic rings. The molecule has 0 atom stereocenters. The third kappa shape index (κ3) is 1.96. The van der Waals surface area contributed by atoms with E-state index < -0.39 is 0 Å². The number of fused-ring (bicyclic) bond motifs is 1. The van der Waals surface area contributed by atoms with E-state index in [0.717, 1.165) is 37.6 Å². The molecule has 0 radical (unpaired) electrons. The summed E-state index contributed by atoms with van der Waals surface area (Å²) in [6.07, 6.45) is 2.15. The van der Waals surface area contributed by atoms with Gasteiger partial charge < -0.3 is 4.90 Å². The predicted molar refractivity (Wildman–Crippen MR) is 69.3 cm³/mol. The summed E-state index contributed by atoms with van der Waals surface area (Å²) in [5, 5.41) is 10.6. The zero-order valence-corrected chi connectivity index (χ0v) is 10.6. The van der Waals surface area contributed by atoms with Crippen LogP contribution in [-0.4, -0.2) is 38.8 Å². The highest BCUT2D eigenvalue weighted by molar-refractivity contribution is 6.18. The molecule has 1 N–H and O–H groups in total. The summed E-state index contributed by atoms with van der Waals surface area (Å²) in [6, 6.07) is 3.70. The number of halogens is 1. The van der Waals surface area contributed by atoms with E-state index in [2.05, 4.69) is 20.2 Å². The molecule has 96 valence electrons. The van der Waals surface area contributed by atoms with Crippen LogP contribution < -0.4 is 10.6 Å². The summed E-state index contributed by atoms with van der Waals surface area (Å²) in [4.78, 5) is 13.6. The van der Waals surface area contributed by atoms with Gasteiger partial charge in [0.2, 0.25) is 0 Å². The number of anilines is 1. The third-order valence-electron chi connectivity index (χ3n) is 3.42. The van der Waals surface area contributed by atoms with Gasteiger partial charge in [-0.1, -0.05) is 0 Å². The number of nitrogens with one attached hydrogen (secondary N) is 1. The number of nitrogens with zero attached hydrogens (tertiary/aromatic N) is 4. The van der Waals surface area contributed by atoms with Crippen LogP contribution in [0, 0.1) is 5.92 Å². The lowest BCUT2D eigenvalue weighted by Crippen LogP contribution is -2.35. The number of piperidine rings is 1. The summed E-state index contributed by atoms with van der Waals surface area (Å²) >= 11 is 5.87. The molecule has 2 aromatic heterocycles. The van der Waals surface area contributed by atoms with Gasteiger partial charge in [0.25, 0.3) is 0 Å². The molecule has 7 heteroatoms. The van der Waals surface area contributed by atoms with Crippen LogP contribution in [-0.2, 0) is 0 Å². The third-order valence-corrected chi connectivity index (χ3v) is 3.85. The number of alkyl halides is 1. The zero-order chi connectivity index (χ0) is 12.5. The highest BCUT2D eigenvalue weighted by atomic mass is 35.5. The molecule has 3 heterocycles. The highest BCUT2D eigenvalue weighted by Crippen LogP contribution is 2.22. The highest BCUT2D eigenvalue weighted by Gasteiger charge is 2.19. The van der Waals surface area contributed by atoms with Crippen molar-refractivity contribution in [2.24, 2.45) is 5.92 Å². The van der Waals surface area contributed by atoms with Crippen LogP contribution in [0.25, 0.3) is 5.65 Å². The van der Waals surface area contributed by atoms with Gasteiger partial charge in [-0.3, -0.25) is 0 Å². The number of hydrogen-bond acceptors (Lipinski definition) is 4. The molecule has 0 aliphatic carbocycles. The van der Waals surface area contributed by atoms with Gasteiger partial charge in [0.15, 0.2) is 5.65 Å². The fourth-order valence-corrected chi connectivity index (χ4v) is 2.59. The molecule has 2 aromatic rings. The lowest BCUT2D eigenvalue weighted by atomic mass is 9.99. The van der Waals surface area contributed by atoms with Gasteiger partial charge in [-0.15, -0.1) is 16.7 Å². The van der Waals surface area contributed by atoms with E-state index in [9.17, 15) is 4.79 Å². The van der Waals surface area contributed by atoms with Crippen LogP contribution in [0.3, 0.4) is 0 Å². The van der Waals surface area contributed by atoms with E-state index in [-0.39, 0.29) is 5.69 Å². The average molecular weight is 268 g/mol. The Hall–Kier alpha value is -1.56. The largest absolute Gasteiger partial charge is 0.364 e. The average Bonchev–Trinajstić information content (AvgIpc) is 2.80. The van der Waals surface area contributed by atoms with E-state index in [0.29, 0.717) is 11.6 Å². The molecule has 1 fully saturated rings. The van der Waals surface area contributed by atoms with Gasteiger partial charge in [-0.05, 0) is 30.9 Å². The van der Waals surface area contributed by atoms with Crippen LogP contribution in [0.2, 0.25) is 0 Å². The summed E-state index contributed by atoms with van der Waals surface area (Å²) in [6.45, 7) is 1.87. The van der Waals surface area contributed by atoms with Gasteiger partial charge in [-0.2, -0.15) is 9.61 Å². The van der Waals surface area contributed by atoms with Crippen molar-refractivity contribution >= 4 is 23.1 Å². The fourth-order valence-electron chi connectivity index (χ4n) is 2.28. The molecule has 0 amide bonds. The summed E-state index contributed by atoms with van der Waals surface area (Å²) < 4.78 is 1.29. The molecule has 0 spiro atoms. The summed E-state index contributed by atoms with van der Waals surface area (Å²) in [5.41, 5.74) is 0.238. The number of hydrogen-bond donors (Lipinski definition) is 1. The van der Waals surface area contributed by atoms with E-state index >= 15 is 0 Å². The lowest BCUT2D eigenvalue weighted by Gasteiger charge is -2.31. The molecule has 1 aliphatic heterocycles. The van der Waals surface area contributed by atoms with Crippen molar-refractivity contribution in [1.82, 2.24) is 19.8 Å². The zero-order valence-electron chi connectivity index (χ0n) is 9.84. The summed E-state index contributed by atoms with van der Waals surface area (Å²) in [7, 11) is 0. The van der Waals surface area contributed by atoms with Gasteiger partial charge in [-0.25, -0.2) is 9.89 Å². The molecule has 18 heavy (non-hydrogen) atoms. The minimum atomic E-state index is -0.303. The standard InChI is InChI=1S/C11H14ClN5O/c12-7-8-3-5-16(6-4-8)10-2-1-9-13-14-11(18)17(9)15-10/h1-2,8H,3-7H2,(H,14,18). The Morgan fingerprint density at radius 2 is 2.17 bits per heavy atom. The van der Waals surface area contributed by atoms with E-state index in [1.165, 1.54) is 4.52 Å². The van der Waals surface area contributed by atoms with Gasteiger partial charge in [0.05, 0.1) is 0 Å². The van der Waals surface area contributed by atoms with Gasteiger partial charge >= 0.3 is 5.69 Å². The first kappa shape index (κ1) is 11.5. The van der Waals surface area contributed by atoms with Crippen LogP contribution >= 0.6 is 11.6 Å². The Labute approximate surface area is 109 Å². The number of rotatable bonds is 2. The van der Waals surface area contributed by atoms with Crippen molar-refractivity contribution < 1.29 is 0 Å². The van der Waals surface area contributed by atoms with Crippen molar-refractivity contribution in [2.75, 3.05) is 23.9 Å². The van der Waals surface area contributed by atoms with Crippen LogP contribution in [0.15, 0.2) is 16.9 Å². The minimum Gasteiger partial charge on any atom is -0.355 e. The second kappa shape index (κ2) is 4.61. The molecule has 6 nitrogen and oxygen atoms in total. The number of aromatic amines is 1. The molecule has 0 unspecified atom stereocenters. The van der Waals surface area contributed by atoms with Crippen molar-refractivity contribution in [2.45, 2.75) is 12.8 Å². The smallest absolute Gasteiger partial charge is 0.355 e. The SMILES string of the molecule is O=c1[nH]nc2ccc(N3CCC(CCl)CC3)nn12.